The molecule has 7 nitrogen and oxygen atoms in total. The minimum absolute atomic E-state index is 0.171. The van der Waals surface area contributed by atoms with Crippen LogP contribution in [0, 0.1) is 5.82 Å². The number of carbonyl (C=O) groups excluding carboxylic acids is 1. The highest BCUT2D eigenvalue weighted by atomic mass is 32.2. The van der Waals surface area contributed by atoms with E-state index >= 15 is 0 Å². The number of ether oxygens (including phenoxy) is 2. The highest BCUT2D eigenvalue weighted by Crippen LogP contribution is 2.27. The fourth-order valence-corrected chi connectivity index (χ4v) is 3.90. The van der Waals surface area contributed by atoms with E-state index in [1.807, 2.05) is 0 Å². The Labute approximate surface area is 164 Å². The van der Waals surface area contributed by atoms with Crippen LogP contribution in [0.3, 0.4) is 0 Å². The molecule has 2 rings (SSSR count). The molecule has 0 fully saturated rings. The summed E-state index contributed by atoms with van der Waals surface area (Å²) in [5, 5.41) is 2.71. The number of amides is 1. The van der Waals surface area contributed by atoms with E-state index in [1.165, 1.54) is 33.3 Å². The van der Waals surface area contributed by atoms with Crippen LogP contribution in [0.15, 0.2) is 42.5 Å². The number of hydrogen-bond acceptors (Lipinski definition) is 5. The van der Waals surface area contributed by atoms with Gasteiger partial charge in [-0.3, -0.25) is 9.10 Å². The highest BCUT2D eigenvalue weighted by Gasteiger charge is 2.29. The third-order valence-electron chi connectivity index (χ3n) is 4.08. The normalized spacial score (nSPS) is 12.2. The van der Waals surface area contributed by atoms with Crippen molar-refractivity contribution in [1.82, 2.24) is 5.32 Å². The average Bonchev–Trinajstić information content (AvgIpc) is 2.66. The van der Waals surface area contributed by atoms with Gasteiger partial charge in [0.1, 0.15) is 11.9 Å². The summed E-state index contributed by atoms with van der Waals surface area (Å²) in [6, 6.07) is 9.08. The average molecular weight is 410 g/mol. The third-order valence-corrected chi connectivity index (χ3v) is 5.33. The molecule has 0 aliphatic heterocycles. The molecule has 1 amide bonds. The van der Waals surface area contributed by atoms with Crippen LogP contribution in [0.4, 0.5) is 10.1 Å². The second-order valence-electron chi connectivity index (χ2n) is 6.12. The molecule has 0 radical (unpaired) electrons. The molecule has 0 aliphatic rings. The molecule has 0 aromatic heterocycles. The lowest BCUT2D eigenvalue weighted by Gasteiger charge is -2.28. The molecule has 9 heteroatoms. The highest BCUT2D eigenvalue weighted by molar-refractivity contribution is 7.92. The molecule has 1 atom stereocenters. The first kappa shape index (κ1) is 21.5. The van der Waals surface area contributed by atoms with Crippen LogP contribution in [0.25, 0.3) is 0 Å². The van der Waals surface area contributed by atoms with Gasteiger partial charge in [-0.05, 0) is 48.9 Å². The van der Waals surface area contributed by atoms with Crippen LogP contribution in [-0.2, 0) is 21.4 Å². The smallest absolute Gasteiger partial charge is 0.243 e. The van der Waals surface area contributed by atoms with E-state index in [2.05, 4.69) is 5.32 Å². The predicted molar refractivity (Wildman–Crippen MR) is 105 cm³/mol. The largest absolute Gasteiger partial charge is 0.493 e. The van der Waals surface area contributed by atoms with E-state index in [9.17, 15) is 17.6 Å². The number of hydrogen-bond donors (Lipinski definition) is 1. The van der Waals surface area contributed by atoms with Crippen LogP contribution in [-0.4, -0.2) is 40.8 Å². The first-order chi connectivity index (χ1) is 13.2. The van der Waals surface area contributed by atoms with Crippen molar-refractivity contribution in [3.63, 3.8) is 0 Å². The van der Waals surface area contributed by atoms with Gasteiger partial charge in [-0.25, -0.2) is 12.8 Å². The van der Waals surface area contributed by atoms with Crippen LogP contribution in [0.2, 0.25) is 0 Å². The number of methoxy groups -OCH3 is 2. The molecular formula is C19H23FN2O5S. The van der Waals surface area contributed by atoms with Gasteiger partial charge in [0.25, 0.3) is 0 Å². The Morgan fingerprint density at radius 1 is 1.11 bits per heavy atom. The quantitative estimate of drug-likeness (QED) is 0.722. The predicted octanol–water partition coefficient (Wildman–Crippen LogP) is 2.31. The lowest BCUT2D eigenvalue weighted by atomic mass is 10.2. The lowest BCUT2D eigenvalue weighted by molar-refractivity contribution is -0.122. The zero-order valence-corrected chi connectivity index (χ0v) is 16.9. The Morgan fingerprint density at radius 3 is 2.25 bits per heavy atom. The second kappa shape index (κ2) is 8.92. The molecule has 0 spiro atoms. The summed E-state index contributed by atoms with van der Waals surface area (Å²) in [6.07, 6.45) is 0.995. The minimum Gasteiger partial charge on any atom is -0.493 e. The zero-order valence-electron chi connectivity index (χ0n) is 16.1. The molecule has 152 valence electrons. The summed E-state index contributed by atoms with van der Waals surface area (Å²) in [4.78, 5) is 12.6. The zero-order chi connectivity index (χ0) is 20.9. The van der Waals surface area contributed by atoms with Crippen molar-refractivity contribution in [2.45, 2.75) is 19.5 Å². The first-order valence-electron chi connectivity index (χ1n) is 8.41. The Balaban J connectivity index is 2.16. The summed E-state index contributed by atoms with van der Waals surface area (Å²) >= 11 is 0. The minimum atomic E-state index is -3.76. The fourth-order valence-electron chi connectivity index (χ4n) is 2.72. The summed E-state index contributed by atoms with van der Waals surface area (Å²) < 4.78 is 48.9. The van der Waals surface area contributed by atoms with Crippen molar-refractivity contribution in [2.75, 3.05) is 24.8 Å². The molecule has 2 aromatic carbocycles. The van der Waals surface area contributed by atoms with Gasteiger partial charge in [0.15, 0.2) is 11.5 Å². The van der Waals surface area contributed by atoms with Gasteiger partial charge < -0.3 is 14.8 Å². The topological polar surface area (TPSA) is 84.9 Å². The van der Waals surface area contributed by atoms with Crippen LogP contribution in [0.1, 0.15) is 12.5 Å². The molecular weight excluding hydrogens is 387 g/mol. The van der Waals surface area contributed by atoms with Crippen LogP contribution < -0.4 is 19.1 Å². The van der Waals surface area contributed by atoms with E-state index in [-0.39, 0.29) is 12.2 Å². The number of halogens is 1. The molecule has 1 N–H and O–H groups in total. The number of nitrogens with one attached hydrogen (secondary N) is 1. The van der Waals surface area contributed by atoms with Gasteiger partial charge in [0.2, 0.25) is 15.9 Å². The Kier molecular flexibility index (Phi) is 6.85. The maximum atomic E-state index is 13.2. The summed E-state index contributed by atoms with van der Waals surface area (Å²) in [5.74, 6) is 0.0872. The second-order valence-corrected chi connectivity index (χ2v) is 7.98. The van der Waals surface area contributed by atoms with Crippen LogP contribution in [0.5, 0.6) is 11.5 Å². The van der Waals surface area contributed by atoms with Crippen molar-refractivity contribution in [3.05, 3.63) is 53.8 Å². The van der Waals surface area contributed by atoms with E-state index in [4.69, 9.17) is 9.47 Å². The van der Waals surface area contributed by atoms with Gasteiger partial charge in [-0.1, -0.05) is 6.07 Å². The molecule has 0 heterocycles. The van der Waals surface area contributed by atoms with E-state index in [0.717, 1.165) is 28.3 Å². The number of carbonyl (C=O) groups is 1. The van der Waals surface area contributed by atoms with Gasteiger partial charge in [-0.2, -0.15) is 0 Å². The monoisotopic (exact) mass is 410 g/mol. The van der Waals surface area contributed by atoms with E-state index in [1.54, 1.807) is 18.2 Å². The Morgan fingerprint density at radius 2 is 1.71 bits per heavy atom. The number of benzene rings is 2. The number of sulfonamides is 1. The third kappa shape index (κ3) is 5.13. The molecule has 0 aliphatic carbocycles. The Bertz CT molecular complexity index is 932. The number of nitrogens with zero attached hydrogens (tertiary/aromatic N) is 1. The van der Waals surface area contributed by atoms with Crippen molar-refractivity contribution in [3.8, 4) is 11.5 Å². The maximum absolute atomic E-state index is 13.2. The standard InChI is InChI=1S/C19H23FN2O5S/c1-13(22(28(4,24)25)16-8-6-15(20)7-9-16)19(23)21-12-14-5-10-17(26-2)18(11-14)27-3/h5-11,13H,12H2,1-4H3,(H,21,23)/t13-/m0/s1. The van der Waals surface area contributed by atoms with Crippen molar-refractivity contribution >= 4 is 21.6 Å². The SMILES string of the molecule is COc1ccc(CNC(=O)[C@H](C)N(c2ccc(F)cc2)S(C)(=O)=O)cc1OC. The molecule has 0 saturated carbocycles. The van der Waals surface area contributed by atoms with Crippen molar-refractivity contribution in [2.24, 2.45) is 0 Å². The van der Waals surface area contributed by atoms with Crippen molar-refractivity contribution in [1.29, 1.82) is 0 Å². The fraction of sp³-hybridized carbons (Fsp3) is 0.316. The molecule has 2 aromatic rings. The molecule has 0 unspecified atom stereocenters. The van der Waals surface area contributed by atoms with Crippen molar-refractivity contribution < 1.29 is 27.1 Å². The van der Waals surface area contributed by atoms with Gasteiger partial charge in [0, 0.05) is 6.54 Å². The first-order valence-corrected chi connectivity index (χ1v) is 10.3. The molecule has 0 bridgehead atoms. The summed E-state index contributed by atoms with van der Waals surface area (Å²) in [5.41, 5.74) is 0.962. The number of anilines is 1. The van der Waals surface area contributed by atoms with Gasteiger partial charge in [-0.15, -0.1) is 0 Å². The summed E-state index contributed by atoms with van der Waals surface area (Å²) in [7, 11) is -0.731. The number of rotatable bonds is 8. The molecule has 0 saturated heterocycles. The summed E-state index contributed by atoms with van der Waals surface area (Å²) in [6.45, 7) is 1.64. The van der Waals surface area contributed by atoms with E-state index < -0.39 is 27.8 Å². The van der Waals surface area contributed by atoms with Gasteiger partial charge in [0.05, 0.1) is 26.2 Å². The molecule has 28 heavy (non-hydrogen) atoms. The van der Waals surface area contributed by atoms with Crippen LogP contribution >= 0.6 is 0 Å². The van der Waals surface area contributed by atoms with E-state index in [0.29, 0.717) is 11.5 Å². The Hall–Kier alpha value is -2.81. The van der Waals surface area contributed by atoms with Gasteiger partial charge >= 0.3 is 0 Å². The lowest BCUT2D eigenvalue weighted by Crippen LogP contribution is -2.47. The maximum Gasteiger partial charge on any atom is 0.243 e.